The molecule has 0 saturated carbocycles. The lowest BCUT2D eigenvalue weighted by Gasteiger charge is -2.26. The van der Waals surface area contributed by atoms with Crippen LogP contribution in [0.5, 0.6) is 0 Å². The number of ether oxygens (including phenoxy) is 2. The molecule has 1 heterocycles. The van der Waals surface area contributed by atoms with E-state index in [0.29, 0.717) is 19.5 Å². The fraction of sp³-hybridized carbons (Fsp3) is 0.846. The fourth-order valence-corrected chi connectivity index (χ4v) is 3.32. The molecule has 0 aromatic carbocycles. The first-order valence-electron chi connectivity index (χ1n) is 6.93. The minimum atomic E-state index is -2.98. The summed E-state index contributed by atoms with van der Waals surface area (Å²) in [6.07, 6.45) is -0.511. The third kappa shape index (κ3) is 6.43. The van der Waals surface area contributed by atoms with Gasteiger partial charge in [0.15, 0.2) is 15.9 Å². The summed E-state index contributed by atoms with van der Waals surface area (Å²) in [5, 5.41) is 0. The highest BCUT2D eigenvalue weighted by Crippen LogP contribution is 2.11. The highest BCUT2D eigenvalue weighted by atomic mass is 32.2. The van der Waals surface area contributed by atoms with Gasteiger partial charge in [0.25, 0.3) is 0 Å². The Hall–Kier alpha value is -1.15. The van der Waals surface area contributed by atoms with E-state index in [-0.39, 0.29) is 24.0 Å². The van der Waals surface area contributed by atoms with Crippen molar-refractivity contribution < 1.29 is 27.5 Å². The van der Waals surface area contributed by atoms with Crippen LogP contribution in [-0.4, -0.2) is 69.6 Å². The van der Waals surface area contributed by atoms with E-state index in [1.54, 1.807) is 4.90 Å². The molecule has 0 aromatic rings. The molecule has 7 nitrogen and oxygen atoms in total. The molecule has 0 radical (unpaired) electrons. The monoisotopic (exact) mass is 321 g/mol. The number of sulfone groups is 1. The van der Waals surface area contributed by atoms with Crippen molar-refractivity contribution in [3.05, 3.63) is 0 Å². The molecular weight excluding hydrogens is 298 g/mol. The van der Waals surface area contributed by atoms with Gasteiger partial charge in [0, 0.05) is 13.1 Å². The molecule has 0 spiro atoms. The Kier molecular flexibility index (Phi) is 6.60. The zero-order valence-electron chi connectivity index (χ0n) is 12.7. The first-order valence-corrected chi connectivity index (χ1v) is 8.75. The molecule has 0 aliphatic carbocycles. The SMILES string of the molecule is COC(=O)C(CC(C)C)OC(=O)CN1CCS(=O)(=O)CC1. The topological polar surface area (TPSA) is 90.0 Å². The summed E-state index contributed by atoms with van der Waals surface area (Å²) in [5.74, 6) is -0.829. The second-order valence-corrected chi connectivity index (χ2v) is 7.86. The van der Waals surface area contributed by atoms with E-state index in [1.807, 2.05) is 13.8 Å². The number of hydrogen-bond donors (Lipinski definition) is 0. The standard InChI is InChI=1S/C13H23NO6S/c1-10(2)8-11(13(16)19-3)20-12(15)9-14-4-6-21(17,18)7-5-14/h10-11H,4-9H2,1-3H3. The predicted octanol–water partition coefficient (Wildman–Crippen LogP) is -0.152. The molecule has 1 fully saturated rings. The fourth-order valence-electron chi connectivity index (χ4n) is 2.04. The van der Waals surface area contributed by atoms with Crippen molar-refractivity contribution in [2.75, 3.05) is 38.2 Å². The second kappa shape index (κ2) is 7.74. The van der Waals surface area contributed by atoms with Crippen molar-refractivity contribution >= 4 is 21.8 Å². The Morgan fingerprint density at radius 2 is 1.76 bits per heavy atom. The van der Waals surface area contributed by atoms with Crippen LogP contribution in [-0.2, 0) is 28.9 Å². The Morgan fingerprint density at radius 3 is 2.24 bits per heavy atom. The zero-order valence-corrected chi connectivity index (χ0v) is 13.5. The molecule has 1 unspecified atom stereocenters. The van der Waals surface area contributed by atoms with Gasteiger partial charge in [0.2, 0.25) is 0 Å². The zero-order chi connectivity index (χ0) is 16.0. The molecule has 0 amide bonds. The molecule has 1 aliphatic rings. The molecule has 0 N–H and O–H groups in total. The van der Waals surface area contributed by atoms with Crippen molar-refractivity contribution in [3.63, 3.8) is 0 Å². The summed E-state index contributed by atoms with van der Waals surface area (Å²) in [6, 6.07) is 0. The maximum absolute atomic E-state index is 11.9. The molecular formula is C13H23NO6S. The summed E-state index contributed by atoms with van der Waals surface area (Å²) in [4.78, 5) is 25.1. The average molecular weight is 321 g/mol. The molecule has 1 atom stereocenters. The van der Waals surface area contributed by atoms with Crippen LogP contribution in [0.4, 0.5) is 0 Å². The van der Waals surface area contributed by atoms with Gasteiger partial charge in [-0.05, 0) is 12.3 Å². The summed E-state index contributed by atoms with van der Waals surface area (Å²) < 4.78 is 32.4. The molecule has 1 rings (SSSR count). The molecule has 122 valence electrons. The molecule has 0 aromatic heterocycles. The minimum absolute atomic E-state index is 0.0128. The van der Waals surface area contributed by atoms with E-state index < -0.39 is 27.9 Å². The van der Waals surface area contributed by atoms with Crippen LogP contribution in [0, 0.1) is 5.92 Å². The van der Waals surface area contributed by atoms with E-state index in [9.17, 15) is 18.0 Å². The van der Waals surface area contributed by atoms with Crippen molar-refractivity contribution in [2.45, 2.75) is 26.4 Å². The largest absolute Gasteiger partial charge is 0.466 e. The van der Waals surface area contributed by atoms with Gasteiger partial charge in [0.1, 0.15) is 0 Å². The number of esters is 2. The van der Waals surface area contributed by atoms with Gasteiger partial charge in [0.05, 0.1) is 25.2 Å². The van der Waals surface area contributed by atoms with E-state index in [4.69, 9.17) is 4.74 Å². The van der Waals surface area contributed by atoms with Gasteiger partial charge >= 0.3 is 11.9 Å². The van der Waals surface area contributed by atoms with Gasteiger partial charge in [-0.2, -0.15) is 0 Å². The van der Waals surface area contributed by atoms with E-state index in [1.165, 1.54) is 7.11 Å². The van der Waals surface area contributed by atoms with Gasteiger partial charge in [-0.3, -0.25) is 9.69 Å². The quantitative estimate of drug-likeness (QED) is 0.628. The summed E-state index contributed by atoms with van der Waals surface area (Å²) in [6.45, 7) is 4.44. The van der Waals surface area contributed by atoms with E-state index >= 15 is 0 Å². The maximum atomic E-state index is 11.9. The normalized spacial score (nSPS) is 20.0. The predicted molar refractivity (Wildman–Crippen MR) is 76.4 cm³/mol. The number of methoxy groups -OCH3 is 1. The molecule has 8 heteroatoms. The van der Waals surface area contributed by atoms with Crippen LogP contribution >= 0.6 is 0 Å². The number of rotatable bonds is 6. The Bertz CT molecular complexity index is 459. The van der Waals surface area contributed by atoms with E-state index in [0.717, 1.165) is 0 Å². The summed E-state index contributed by atoms with van der Waals surface area (Å²) in [5.41, 5.74) is 0. The third-order valence-electron chi connectivity index (χ3n) is 3.21. The van der Waals surface area contributed by atoms with Gasteiger partial charge < -0.3 is 9.47 Å². The lowest BCUT2D eigenvalue weighted by Crippen LogP contribution is -2.44. The minimum Gasteiger partial charge on any atom is -0.466 e. The van der Waals surface area contributed by atoms with E-state index in [2.05, 4.69) is 4.74 Å². The van der Waals surface area contributed by atoms with Crippen molar-refractivity contribution in [1.82, 2.24) is 4.90 Å². The molecule has 1 aliphatic heterocycles. The van der Waals surface area contributed by atoms with Crippen LogP contribution in [0.15, 0.2) is 0 Å². The number of nitrogens with zero attached hydrogens (tertiary/aromatic N) is 1. The molecule has 0 bridgehead atoms. The van der Waals surface area contributed by atoms with Crippen molar-refractivity contribution in [3.8, 4) is 0 Å². The van der Waals surface area contributed by atoms with Crippen LogP contribution in [0.3, 0.4) is 0 Å². The Labute approximate surface area is 125 Å². The van der Waals surface area contributed by atoms with Gasteiger partial charge in [-0.25, -0.2) is 13.2 Å². The lowest BCUT2D eigenvalue weighted by molar-refractivity contribution is -0.167. The second-order valence-electron chi connectivity index (χ2n) is 5.56. The number of carbonyl (C=O) groups excluding carboxylic acids is 2. The highest BCUT2D eigenvalue weighted by Gasteiger charge is 2.27. The smallest absolute Gasteiger partial charge is 0.347 e. The van der Waals surface area contributed by atoms with Gasteiger partial charge in [-0.1, -0.05) is 13.8 Å². The Balaban J connectivity index is 2.48. The maximum Gasteiger partial charge on any atom is 0.347 e. The molecule has 1 saturated heterocycles. The highest BCUT2D eigenvalue weighted by molar-refractivity contribution is 7.91. The molecule has 21 heavy (non-hydrogen) atoms. The van der Waals surface area contributed by atoms with Gasteiger partial charge in [-0.15, -0.1) is 0 Å². The van der Waals surface area contributed by atoms with Crippen LogP contribution in [0.2, 0.25) is 0 Å². The first-order chi connectivity index (χ1) is 9.73. The van der Waals surface area contributed by atoms with Crippen LogP contribution < -0.4 is 0 Å². The average Bonchev–Trinajstić information content (AvgIpc) is 2.39. The van der Waals surface area contributed by atoms with Crippen molar-refractivity contribution in [2.24, 2.45) is 5.92 Å². The number of hydrogen-bond acceptors (Lipinski definition) is 7. The van der Waals surface area contributed by atoms with Crippen molar-refractivity contribution in [1.29, 1.82) is 0 Å². The number of carbonyl (C=O) groups is 2. The van der Waals surface area contributed by atoms with Crippen LogP contribution in [0.1, 0.15) is 20.3 Å². The Morgan fingerprint density at radius 1 is 1.19 bits per heavy atom. The first kappa shape index (κ1) is 17.9. The lowest BCUT2D eigenvalue weighted by atomic mass is 10.1. The summed E-state index contributed by atoms with van der Waals surface area (Å²) >= 11 is 0. The van der Waals surface area contributed by atoms with Crippen LogP contribution in [0.25, 0.3) is 0 Å². The summed E-state index contributed by atoms with van der Waals surface area (Å²) in [7, 11) is -1.73. The third-order valence-corrected chi connectivity index (χ3v) is 4.82.